The number of carbonyl (C=O) groups excluding carboxylic acids is 1. The number of carboxylic acid groups (broad SMARTS) is 1. The Labute approximate surface area is 117 Å². The minimum absolute atomic E-state index is 0.112. The lowest BCUT2D eigenvalue weighted by atomic mass is 10.0. The number of aliphatic carboxylic acids is 1. The van der Waals surface area contributed by atoms with Crippen LogP contribution in [0.1, 0.15) is 60.7 Å². The van der Waals surface area contributed by atoms with Crippen LogP contribution < -0.4 is 5.32 Å². The summed E-state index contributed by atoms with van der Waals surface area (Å²) in [5.74, 6) is -0.662. The number of aryl methyl sites for hydroxylation is 1. The molecular formula is C14H20N2O4. The fraction of sp³-hybridized carbons (Fsp3) is 0.643. The van der Waals surface area contributed by atoms with E-state index in [0.29, 0.717) is 23.9 Å². The van der Waals surface area contributed by atoms with E-state index < -0.39 is 11.9 Å². The Kier molecular flexibility index (Phi) is 4.42. The molecule has 2 N–H and O–H groups in total. The molecule has 1 aromatic rings. The van der Waals surface area contributed by atoms with E-state index in [1.165, 1.54) is 0 Å². The van der Waals surface area contributed by atoms with Crippen LogP contribution in [0, 0.1) is 12.8 Å². The summed E-state index contributed by atoms with van der Waals surface area (Å²) in [6.07, 6.45) is 3.41. The van der Waals surface area contributed by atoms with Gasteiger partial charge in [-0.05, 0) is 26.2 Å². The van der Waals surface area contributed by atoms with Crippen LogP contribution in [0.3, 0.4) is 0 Å². The number of amides is 1. The van der Waals surface area contributed by atoms with Gasteiger partial charge in [0.15, 0.2) is 5.89 Å². The van der Waals surface area contributed by atoms with Crippen molar-refractivity contribution in [3.63, 3.8) is 0 Å². The van der Waals surface area contributed by atoms with E-state index in [4.69, 9.17) is 9.52 Å². The Morgan fingerprint density at radius 1 is 1.50 bits per heavy atom. The molecule has 20 heavy (non-hydrogen) atoms. The van der Waals surface area contributed by atoms with Crippen LogP contribution in [0.2, 0.25) is 0 Å². The molecule has 1 fully saturated rings. The second-order valence-electron chi connectivity index (χ2n) is 5.27. The number of carboxylic acids is 1. The molecule has 110 valence electrons. The van der Waals surface area contributed by atoms with Crippen molar-refractivity contribution >= 4 is 11.9 Å². The summed E-state index contributed by atoms with van der Waals surface area (Å²) in [5.41, 5.74) is 0.562. The Morgan fingerprint density at radius 2 is 2.20 bits per heavy atom. The molecule has 1 amide bonds. The summed E-state index contributed by atoms with van der Waals surface area (Å²) >= 11 is 0. The summed E-state index contributed by atoms with van der Waals surface area (Å²) in [7, 11) is 0. The first-order valence-electron chi connectivity index (χ1n) is 7.01. The largest absolute Gasteiger partial charge is 0.481 e. The number of nitrogens with one attached hydrogen (secondary N) is 1. The molecule has 0 spiro atoms. The van der Waals surface area contributed by atoms with Crippen LogP contribution in [0.25, 0.3) is 0 Å². The standard InChI is InChI=1S/C14H20N2O4/c1-3-4-10(14(18)19)7-15-12(17)11-8(2)16-13(20-11)9-5-6-9/h9-10H,3-7H2,1-2H3,(H,15,17)(H,18,19). The van der Waals surface area contributed by atoms with Gasteiger partial charge in [0.1, 0.15) is 0 Å². The van der Waals surface area contributed by atoms with Crippen LogP contribution >= 0.6 is 0 Å². The lowest BCUT2D eigenvalue weighted by molar-refractivity contribution is -0.141. The van der Waals surface area contributed by atoms with Gasteiger partial charge >= 0.3 is 5.97 Å². The van der Waals surface area contributed by atoms with Crippen molar-refractivity contribution < 1.29 is 19.1 Å². The van der Waals surface area contributed by atoms with Gasteiger partial charge in [0.05, 0.1) is 11.6 Å². The van der Waals surface area contributed by atoms with Crippen LogP contribution in [-0.2, 0) is 4.79 Å². The topological polar surface area (TPSA) is 92.4 Å². The second-order valence-corrected chi connectivity index (χ2v) is 5.27. The first-order chi connectivity index (χ1) is 9.52. The maximum absolute atomic E-state index is 12.0. The summed E-state index contributed by atoms with van der Waals surface area (Å²) in [6, 6.07) is 0. The van der Waals surface area contributed by atoms with E-state index in [0.717, 1.165) is 19.3 Å². The van der Waals surface area contributed by atoms with Gasteiger partial charge in [0.2, 0.25) is 5.76 Å². The number of carbonyl (C=O) groups is 2. The molecule has 0 aliphatic heterocycles. The van der Waals surface area contributed by atoms with Crippen molar-refractivity contribution in [1.29, 1.82) is 0 Å². The van der Waals surface area contributed by atoms with Crippen molar-refractivity contribution in [3.05, 3.63) is 17.3 Å². The fourth-order valence-corrected chi connectivity index (χ4v) is 2.09. The number of nitrogens with zero attached hydrogens (tertiary/aromatic N) is 1. The average Bonchev–Trinajstić information content (AvgIpc) is 3.17. The number of hydrogen-bond donors (Lipinski definition) is 2. The predicted molar refractivity (Wildman–Crippen MR) is 71.6 cm³/mol. The monoisotopic (exact) mass is 280 g/mol. The quantitative estimate of drug-likeness (QED) is 0.797. The van der Waals surface area contributed by atoms with E-state index in [2.05, 4.69) is 10.3 Å². The Balaban J connectivity index is 1.95. The van der Waals surface area contributed by atoms with Gasteiger partial charge < -0.3 is 14.8 Å². The van der Waals surface area contributed by atoms with Crippen molar-refractivity contribution in [1.82, 2.24) is 10.3 Å². The Hall–Kier alpha value is -1.85. The third-order valence-electron chi connectivity index (χ3n) is 3.44. The number of rotatable bonds is 7. The maximum Gasteiger partial charge on any atom is 0.308 e. The number of hydrogen-bond acceptors (Lipinski definition) is 4. The van der Waals surface area contributed by atoms with Gasteiger partial charge in [-0.1, -0.05) is 13.3 Å². The van der Waals surface area contributed by atoms with Gasteiger partial charge in [-0.15, -0.1) is 0 Å². The van der Waals surface area contributed by atoms with Gasteiger partial charge in [-0.3, -0.25) is 9.59 Å². The lowest BCUT2D eigenvalue weighted by Gasteiger charge is -2.11. The molecule has 1 saturated carbocycles. The SMILES string of the molecule is CCCC(CNC(=O)c1oc(C2CC2)nc1C)C(=O)O. The van der Waals surface area contributed by atoms with E-state index in [1.54, 1.807) is 6.92 Å². The predicted octanol–water partition coefficient (Wildman–Crippen LogP) is 2.09. The molecule has 0 saturated heterocycles. The molecule has 1 aromatic heterocycles. The summed E-state index contributed by atoms with van der Waals surface area (Å²) in [4.78, 5) is 27.3. The zero-order valence-corrected chi connectivity index (χ0v) is 11.8. The van der Waals surface area contributed by atoms with Gasteiger partial charge in [0.25, 0.3) is 5.91 Å². The van der Waals surface area contributed by atoms with Gasteiger partial charge in [-0.2, -0.15) is 0 Å². The average molecular weight is 280 g/mol. The first-order valence-corrected chi connectivity index (χ1v) is 7.01. The zero-order chi connectivity index (χ0) is 14.7. The molecule has 1 unspecified atom stereocenters. The highest BCUT2D eigenvalue weighted by Gasteiger charge is 2.31. The second kappa shape index (κ2) is 6.07. The van der Waals surface area contributed by atoms with Crippen LogP contribution in [0.5, 0.6) is 0 Å². The molecular weight excluding hydrogens is 260 g/mol. The third kappa shape index (κ3) is 3.37. The fourth-order valence-electron chi connectivity index (χ4n) is 2.09. The van der Waals surface area contributed by atoms with Gasteiger partial charge in [-0.25, -0.2) is 4.98 Å². The first kappa shape index (κ1) is 14.6. The van der Waals surface area contributed by atoms with Crippen LogP contribution in [0.4, 0.5) is 0 Å². The minimum atomic E-state index is -0.889. The maximum atomic E-state index is 12.0. The van der Waals surface area contributed by atoms with E-state index in [1.807, 2.05) is 6.92 Å². The third-order valence-corrected chi connectivity index (χ3v) is 3.44. The van der Waals surface area contributed by atoms with E-state index in [9.17, 15) is 9.59 Å². The molecule has 0 radical (unpaired) electrons. The molecule has 0 bridgehead atoms. The smallest absolute Gasteiger partial charge is 0.308 e. The van der Waals surface area contributed by atoms with Crippen LogP contribution in [-0.4, -0.2) is 28.5 Å². The number of oxazole rings is 1. The summed E-state index contributed by atoms with van der Waals surface area (Å²) in [6.45, 7) is 3.76. The number of aromatic nitrogens is 1. The molecule has 1 heterocycles. The van der Waals surface area contributed by atoms with E-state index in [-0.39, 0.29) is 18.2 Å². The van der Waals surface area contributed by atoms with Crippen molar-refractivity contribution in [2.45, 2.75) is 45.4 Å². The van der Waals surface area contributed by atoms with Crippen molar-refractivity contribution in [2.24, 2.45) is 5.92 Å². The lowest BCUT2D eigenvalue weighted by Crippen LogP contribution is -2.33. The molecule has 1 aliphatic carbocycles. The molecule has 1 aliphatic rings. The molecule has 2 rings (SSSR count). The summed E-state index contributed by atoms with van der Waals surface area (Å²) in [5, 5.41) is 11.7. The Morgan fingerprint density at radius 3 is 2.75 bits per heavy atom. The van der Waals surface area contributed by atoms with E-state index >= 15 is 0 Å². The highest BCUT2D eigenvalue weighted by molar-refractivity contribution is 5.92. The Bertz CT molecular complexity index is 505. The van der Waals surface area contributed by atoms with Crippen molar-refractivity contribution in [3.8, 4) is 0 Å². The molecule has 0 aromatic carbocycles. The molecule has 1 atom stereocenters. The highest BCUT2D eigenvalue weighted by Crippen LogP contribution is 2.40. The van der Waals surface area contributed by atoms with Crippen molar-refractivity contribution in [2.75, 3.05) is 6.54 Å². The normalized spacial score (nSPS) is 15.9. The summed E-state index contributed by atoms with van der Waals surface area (Å²) < 4.78 is 5.48. The van der Waals surface area contributed by atoms with Gasteiger partial charge in [0, 0.05) is 12.5 Å². The molecule has 6 nitrogen and oxygen atoms in total. The highest BCUT2D eigenvalue weighted by atomic mass is 16.4. The minimum Gasteiger partial charge on any atom is -0.481 e. The zero-order valence-electron chi connectivity index (χ0n) is 11.8. The van der Waals surface area contributed by atoms with Crippen LogP contribution in [0.15, 0.2) is 4.42 Å². The molecule has 6 heteroatoms.